The minimum absolute atomic E-state index is 0.120. The van der Waals surface area contributed by atoms with Crippen molar-refractivity contribution in [2.45, 2.75) is 110 Å². The molecule has 1 rings (SSSR count). The lowest BCUT2D eigenvalue weighted by Gasteiger charge is -2.40. The second kappa shape index (κ2) is 10.6. The number of ether oxygens (including phenoxy) is 3. The smallest absolute Gasteiger partial charge is 0.413 e. The zero-order valence-corrected chi connectivity index (χ0v) is 22.0. The Bertz CT molecular complexity index is 649. The summed E-state index contributed by atoms with van der Waals surface area (Å²) in [5, 5.41) is -0.334. The number of halogens is 3. The van der Waals surface area contributed by atoms with Crippen LogP contribution in [0.5, 0.6) is 0 Å². The van der Waals surface area contributed by atoms with Gasteiger partial charge in [0.25, 0.3) is 0 Å². The average molecular weight is 483 g/mol. The van der Waals surface area contributed by atoms with Crippen LogP contribution in [0.3, 0.4) is 0 Å². The lowest BCUT2D eigenvalue weighted by atomic mass is 9.97. The lowest BCUT2D eigenvalue weighted by Crippen LogP contribution is -2.48. The first-order valence-electron chi connectivity index (χ1n) is 11.1. The Kier molecular flexibility index (Phi) is 9.62. The fourth-order valence-electron chi connectivity index (χ4n) is 3.18. The fraction of sp³-hybridized carbons (Fsp3) is 0.870. The Balaban J connectivity index is 2.78. The van der Waals surface area contributed by atoms with Gasteiger partial charge in [0.15, 0.2) is 8.32 Å². The number of carbonyl (C=O) groups excluding carboxylic acids is 1. The quantitative estimate of drug-likeness (QED) is 0.228. The van der Waals surface area contributed by atoms with E-state index >= 15 is 0 Å². The summed E-state index contributed by atoms with van der Waals surface area (Å²) in [6, 6.07) is 0. The van der Waals surface area contributed by atoms with E-state index in [0.29, 0.717) is 12.0 Å². The summed E-state index contributed by atoms with van der Waals surface area (Å²) in [5.74, 6) is -0.322. The lowest BCUT2D eigenvalue weighted by molar-refractivity contribution is -0.202. The number of rotatable bonds is 9. The van der Waals surface area contributed by atoms with Gasteiger partial charge in [0.2, 0.25) is 0 Å². The number of alkyl halides is 3. The second-order valence-electron chi connectivity index (χ2n) is 11.1. The molecule has 1 aliphatic rings. The van der Waals surface area contributed by atoms with Crippen LogP contribution in [0, 0.1) is 5.41 Å². The molecule has 1 saturated heterocycles. The number of carbonyl (C=O) groups is 1. The highest BCUT2D eigenvalue weighted by atomic mass is 28.4. The molecule has 1 aliphatic heterocycles. The Labute approximate surface area is 192 Å². The van der Waals surface area contributed by atoms with Crippen molar-refractivity contribution in [3.8, 4) is 0 Å². The van der Waals surface area contributed by atoms with E-state index in [4.69, 9.17) is 18.6 Å². The molecule has 0 bridgehead atoms. The van der Waals surface area contributed by atoms with Gasteiger partial charge < -0.3 is 18.6 Å². The van der Waals surface area contributed by atoms with E-state index in [1.54, 1.807) is 20.8 Å². The maximum atomic E-state index is 13.7. The van der Waals surface area contributed by atoms with Gasteiger partial charge in [-0.3, -0.25) is 4.79 Å². The highest BCUT2D eigenvalue weighted by molar-refractivity contribution is 6.74. The van der Waals surface area contributed by atoms with Crippen molar-refractivity contribution in [2.75, 3.05) is 13.7 Å². The van der Waals surface area contributed by atoms with Gasteiger partial charge in [-0.25, -0.2) is 0 Å². The van der Waals surface area contributed by atoms with Crippen LogP contribution < -0.4 is 0 Å². The zero-order valence-electron chi connectivity index (χ0n) is 21.0. The molecule has 188 valence electrons. The zero-order chi connectivity index (χ0) is 25.1. The molecule has 0 saturated carbocycles. The number of hydrogen-bond acceptors (Lipinski definition) is 5. The molecule has 0 N–H and O–H groups in total. The molecule has 0 radical (unpaired) electrons. The minimum Gasteiger partial charge on any atom is -0.465 e. The standard InChI is InChI=1S/C23H41F3O5Si/c1-15-16(13-14-29-20(27)21(2,3)4)30-17(19(15)28-8)11-12-18(23(24,25)26)31-32(9,10)22(5,6)7/h16-19H,1,11-14H2,2-10H3/t16-,17+,18?,19+/m0/s1. The largest absolute Gasteiger partial charge is 0.465 e. The van der Waals surface area contributed by atoms with Gasteiger partial charge in [-0.1, -0.05) is 27.4 Å². The molecule has 0 aromatic heterocycles. The van der Waals surface area contributed by atoms with E-state index in [9.17, 15) is 18.0 Å². The van der Waals surface area contributed by atoms with Crippen LogP contribution in [0.15, 0.2) is 12.2 Å². The first kappa shape index (κ1) is 29.1. The second-order valence-corrected chi connectivity index (χ2v) is 15.8. The van der Waals surface area contributed by atoms with Gasteiger partial charge in [-0.15, -0.1) is 0 Å². The van der Waals surface area contributed by atoms with Gasteiger partial charge >= 0.3 is 12.1 Å². The first-order valence-corrected chi connectivity index (χ1v) is 14.0. The maximum absolute atomic E-state index is 13.7. The van der Waals surface area contributed by atoms with Gasteiger partial charge in [0.05, 0.1) is 24.2 Å². The van der Waals surface area contributed by atoms with Crippen LogP contribution in [0.1, 0.15) is 60.8 Å². The van der Waals surface area contributed by atoms with E-state index < -0.39 is 44.3 Å². The summed E-state index contributed by atoms with van der Waals surface area (Å²) in [4.78, 5) is 11.9. The highest BCUT2D eigenvalue weighted by Crippen LogP contribution is 2.41. The topological polar surface area (TPSA) is 54.0 Å². The normalized spacial score (nSPS) is 24.0. The minimum atomic E-state index is -4.46. The van der Waals surface area contributed by atoms with Gasteiger partial charge in [0.1, 0.15) is 12.2 Å². The molecule has 5 nitrogen and oxygen atoms in total. The molecule has 32 heavy (non-hydrogen) atoms. The van der Waals surface area contributed by atoms with Crippen molar-refractivity contribution in [1.82, 2.24) is 0 Å². The molecule has 1 fully saturated rings. The van der Waals surface area contributed by atoms with E-state index in [-0.39, 0.29) is 30.5 Å². The Morgan fingerprint density at radius 3 is 2.12 bits per heavy atom. The van der Waals surface area contributed by atoms with Crippen molar-refractivity contribution in [1.29, 1.82) is 0 Å². The van der Waals surface area contributed by atoms with Crippen LogP contribution in [0.4, 0.5) is 13.2 Å². The third-order valence-electron chi connectivity index (χ3n) is 6.26. The van der Waals surface area contributed by atoms with E-state index in [1.165, 1.54) is 7.11 Å². The van der Waals surface area contributed by atoms with E-state index in [0.717, 1.165) is 0 Å². The molecule has 0 aliphatic carbocycles. The Hall–Kier alpha value is -0.903. The molecule has 0 spiro atoms. The van der Waals surface area contributed by atoms with Crippen LogP contribution in [-0.4, -0.2) is 58.6 Å². The maximum Gasteiger partial charge on any atom is 0.413 e. The van der Waals surface area contributed by atoms with Crippen LogP contribution in [0.2, 0.25) is 18.1 Å². The molecule has 9 heteroatoms. The molecular formula is C23H41F3O5Si. The van der Waals surface area contributed by atoms with Crippen molar-refractivity contribution in [2.24, 2.45) is 5.41 Å². The predicted octanol–water partition coefficient (Wildman–Crippen LogP) is 6.04. The molecule has 4 atom stereocenters. The third kappa shape index (κ3) is 7.85. The van der Waals surface area contributed by atoms with Gasteiger partial charge in [-0.2, -0.15) is 13.2 Å². The summed E-state index contributed by atoms with van der Waals surface area (Å²) in [5.41, 5.74) is 0.0419. The van der Waals surface area contributed by atoms with Crippen molar-refractivity contribution in [3.63, 3.8) is 0 Å². The molecular weight excluding hydrogens is 441 g/mol. The highest BCUT2D eigenvalue weighted by Gasteiger charge is 2.48. The Morgan fingerprint density at radius 1 is 1.12 bits per heavy atom. The van der Waals surface area contributed by atoms with Gasteiger partial charge in [-0.05, 0) is 57.3 Å². The fourth-order valence-corrected chi connectivity index (χ4v) is 4.50. The van der Waals surface area contributed by atoms with Crippen LogP contribution in [-0.2, 0) is 23.4 Å². The Morgan fingerprint density at radius 2 is 1.69 bits per heavy atom. The van der Waals surface area contributed by atoms with Gasteiger partial charge in [0, 0.05) is 13.5 Å². The van der Waals surface area contributed by atoms with E-state index in [1.807, 2.05) is 33.9 Å². The third-order valence-corrected chi connectivity index (χ3v) is 10.7. The molecule has 0 aromatic carbocycles. The monoisotopic (exact) mass is 482 g/mol. The van der Waals surface area contributed by atoms with Crippen molar-refractivity contribution in [3.05, 3.63) is 12.2 Å². The molecule has 0 amide bonds. The molecule has 1 unspecified atom stereocenters. The summed E-state index contributed by atoms with van der Waals surface area (Å²) >= 11 is 0. The number of hydrogen-bond donors (Lipinski definition) is 0. The summed E-state index contributed by atoms with van der Waals surface area (Å²) in [6.07, 6.45) is -7.57. The number of esters is 1. The molecule has 0 aromatic rings. The van der Waals surface area contributed by atoms with Crippen molar-refractivity contribution < 1.29 is 36.6 Å². The molecule has 1 heterocycles. The average Bonchev–Trinajstić information content (AvgIpc) is 2.90. The SMILES string of the molecule is C=C1[C@H](CCOC(=O)C(C)(C)C)O[C@H](CCC(O[Si](C)(C)C(C)(C)C)C(F)(F)F)[C@@H]1OC. The predicted molar refractivity (Wildman–Crippen MR) is 121 cm³/mol. The summed E-state index contributed by atoms with van der Waals surface area (Å²) < 4.78 is 63.7. The summed E-state index contributed by atoms with van der Waals surface area (Å²) in [6.45, 7) is 18.8. The van der Waals surface area contributed by atoms with E-state index in [2.05, 4.69) is 6.58 Å². The van der Waals surface area contributed by atoms with Crippen LogP contribution in [0.25, 0.3) is 0 Å². The summed E-state index contributed by atoms with van der Waals surface area (Å²) in [7, 11) is -1.12. The number of methoxy groups -OCH3 is 1. The van der Waals surface area contributed by atoms with Crippen LogP contribution >= 0.6 is 0 Å². The first-order chi connectivity index (χ1) is 14.3. The van der Waals surface area contributed by atoms with Crippen molar-refractivity contribution >= 4 is 14.3 Å².